The number of thiocarbonyl (C=S) groups is 1. The van der Waals surface area contributed by atoms with E-state index in [2.05, 4.69) is 34.9 Å². The maximum Gasteiger partial charge on any atom is 0.254 e. The molecule has 1 saturated heterocycles. The van der Waals surface area contributed by atoms with Gasteiger partial charge in [-0.3, -0.25) is 9.78 Å². The van der Waals surface area contributed by atoms with Crippen molar-refractivity contribution < 1.29 is 9.53 Å². The average Bonchev–Trinajstić information content (AvgIpc) is 2.93. The number of benzene rings is 2. The molecule has 38 heavy (non-hydrogen) atoms. The van der Waals surface area contributed by atoms with E-state index >= 15 is 0 Å². The second kappa shape index (κ2) is 13.7. The molecule has 1 amide bonds. The van der Waals surface area contributed by atoms with E-state index in [0.717, 1.165) is 59.6 Å². The van der Waals surface area contributed by atoms with Crippen molar-refractivity contribution in [3.8, 4) is 11.5 Å². The van der Waals surface area contributed by atoms with Crippen LogP contribution in [0.1, 0.15) is 40.4 Å². The van der Waals surface area contributed by atoms with E-state index in [1.54, 1.807) is 22.7 Å². The molecule has 1 aliphatic rings. The van der Waals surface area contributed by atoms with Crippen LogP contribution in [0.25, 0.3) is 0 Å². The van der Waals surface area contributed by atoms with Crippen molar-refractivity contribution in [2.75, 3.05) is 46.5 Å². The number of aromatic nitrogens is 1. The normalized spacial score (nSPS) is 13.9. The second-order valence-electron chi connectivity index (χ2n) is 9.87. The van der Waals surface area contributed by atoms with Gasteiger partial charge in [-0.1, -0.05) is 48.2 Å². The first kappa shape index (κ1) is 28.1. The van der Waals surface area contributed by atoms with E-state index in [-0.39, 0.29) is 5.91 Å². The molecule has 1 fully saturated rings. The lowest BCUT2D eigenvalue weighted by molar-refractivity contribution is 0.0784. The third-order valence-electron chi connectivity index (χ3n) is 6.61. The van der Waals surface area contributed by atoms with Gasteiger partial charge in [-0.05, 0) is 75.0 Å². The highest BCUT2D eigenvalue weighted by atomic mass is 32.2. The molecular weight excluding hydrogens is 512 g/mol. The van der Waals surface area contributed by atoms with Crippen LogP contribution in [0.3, 0.4) is 0 Å². The minimum atomic E-state index is -0.0459. The van der Waals surface area contributed by atoms with Gasteiger partial charge >= 0.3 is 0 Å². The van der Waals surface area contributed by atoms with Crippen LogP contribution in [-0.2, 0) is 6.54 Å². The molecule has 0 bridgehead atoms. The Bertz CT molecular complexity index is 1210. The summed E-state index contributed by atoms with van der Waals surface area (Å²) in [5, 5.41) is 0. The number of piperidine rings is 1. The Morgan fingerprint density at radius 3 is 2.50 bits per heavy atom. The summed E-state index contributed by atoms with van der Waals surface area (Å²) in [6.07, 6.45) is 3.94. The number of nitrogens with zero attached hydrogens (tertiary/aromatic N) is 4. The maximum atomic E-state index is 13.2. The predicted molar refractivity (Wildman–Crippen MR) is 160 cm³/mol. The molecule has 200 valence electrons. The van der Waals surface area contributed by atoms with E-state index in [1.807, 2.05) is 67.8 Å². The quantitative estimate of drug-likeness (QED) is 0.308. The van der Waals surface area contributed by atoms with E-state index in [1.165, 1.54) is 0 Å². The number of rotatable bonds is 9. The number of likely N-dealkylation sites (tertiary alicyclic amines) is 1. The minimum absolute atomic E-state index is 0.0459. The summed E-state index contributed by atoms with van der Waals surface area (Å²) in [7, 11) is 6.01. The zero-order valence-corrected chi connectivity index (χ0v) is 24.0. The monoisotopic (exact) mass is 548 g/mol. The molecule has 4 rings (SSSR count). The Hall–Kier alpha value is -2.94. The summed E-state index contributed by atoms with van der Waals surface area (Å²) in [4.78, 5) is 24.1. The topological polar surface area (TPSA) is 48.9 Å². The van der Waals surface area contributed by atoms with Gasteiger partial charge in [0.1, 0.15) is 15.8 Å². The van der Waals surface area contributed by atoms with Gasteiger partial charge in [0.15, 0.2) is 0 Å². The van der Waals surface area contributed by atoms with Gasteiger partial charge < -0.3 is 19.4 Å². The molecule has 6 nitrogen and oxygen atoms in total. The number of ether oxygens (including phenoxy) is 1. The fraction of sp³-hybridized carbons (Fsp3) is 0.367. The Morgan fingerprint density at radius 2 is 1.76 bits per heavy atom. The molecule has 3 aromatic rings. The van der Waals surface area contributed by atoms with E-state index in [0.29, 0.717) is 23.8 Å². The van der Waals surface area contributed by atoms with Crippen LogP contribution < -0.4 is 4.74 Å². The van der Waals surface area contributed by atoms with Gasteiger partial charge in [-0.25, -0.2) is 0 Å². The third kappa shape index (κ3) is 8.03. The zero-order valence-electron chi connectivity index (χ0n) is 22.4. The number of carbonyl (C=O) groups excluding carboxylic acids is 1. The van der Waals surface area contributed by atoms with Crippen molar-refractivity contribution in [2.45, 2.75) is 25.3 Å². The molecule has 0 saturated carbocycles. The SMILES string of the molecule is CN(C)CCSC(=S)N1CCC(c2cc(CN(C)C(=O)c3cccc(Oc4ccccc4)c3)ccn2)CC1. The van der Waals surface area contributed by atoms with Crippen LogP contribution >= 0.6 is 24.0 Å². The number of hydrogen-bond acceptors (Lipinski definition) is 6. The summed E-state index contributed by atoms with van der Waals surface area (Å²) in [5.74, 6) is 2.77. The average molecular weight is 549 g/mol. The molecule has 1 aliphatic heterocycles. The summed E-state index contributed by atoms with van der Waals surface area (Å²) < 4.78 is 6.91. The standard InChI is InChI=1S/C30H36N4O2S2/c1-32(2)18-19-38-30(37)34-16-13-24(14-17-34)28-20-23(12-15-31-28)22-33(3)29(35)25-8-7-11-27(21-25)36-26-9-5-4-6-10-26/h4-12,15,20-21,24H,13-14,16-19,22H2,1-3H3. The Balaban J connectivity index is 1.31. The largest absolute Gasteiger partial charge is 0.457 e. The molecule has 0 spiro atoms. The molecule has 1 aromatic heterocycles. The summed E-state index contributed by atoms with van der Waals surface area (Å²) in [6.45, 7) is 3.47. The predicted octanol–water partition coefficient (Wildman–Crippen LogP) is 5.91. The van der Waals surface area contributed by atoms with Gasteiger partial charge in [-0.2, -0.15) is 0 Å². The van der Waals surface area contributed by atoms with Crippen molar-refractivity contribution in [1.29, 1.82) is 0 Å². The van der Waals surface area contributed by atoms with Crippen LogP contribution in [0, 0.1) is 0 Å². The first-order chi connectivity index (χ1) is 18.4. The third-order valence-corrected chi connectivity index (χ3v) is 8.11. The number of para-hydroxylation sites is 1. The molecule has 0 aliphatic carbocycles. The smallest absolute Gasteiger partial charge is 0.254 e. The minimum Gasteiger partial charge on any atom is -0.457 e. The van der Waals surface area contributed by atoms with Crippen molar-refractivity contribution in [2.24, 2.45) is 0 Å². The van der Waals surface area contributed by atoms with Gasteiger partial charge in [0.2, 0.25) is 0 Å². The zero-order chi connectivity index (χ0) is 26.9. The van der Waals surface area contributed by atoms with E-state index in [4.69, 9.17) is 17.0 Å². The molecule has 0 atom stereocenters. The maximum absolute atomic E-state index is 13.2. The lowest BCUT2D eigenvalue weighted by Crippen LogP contribution is -2.36. The Morgan fingerprint density at radius 1 is 1.03 bits per heavy atom. The highest BCUT2D eigenvalue weighted by molar-refractivity contribution is 8.22. The lowest BCUT2D eigenvalue weighted by Gasteiger charge is -2.33. The number of carbonyl (C=O) groups is 1. The van der Waals surface area contributed by atoms with Crippen LogP contribution in [0.5, 0.6) is 11.5 Å². The van der Waals surface area contributed by atoms with Gasteiger partial charge in [-0.15, -0.1) is 0 Å². The van der Waals surface area contributed by atoms with Crippen molar-refractivity contribution >= 4 is 34.2 Å². The fourth-order valence-corrected chi connectivity index (χ4v) is 5.89. The summed E-state index contributed by atoms with van der Waals surface area (Å²) in [5.41, 5.74) is 2.79. The van der Waals surface area contributed by atoms with Crippen LogP contribution in [-0.4, -0.2) is 76.4 Å². The van der Waals surface area contributed by atoms with Crippen molar-refractivity contribution in [1.82, 2.24) is 19.7 Å². The highest BCUT2D eigenvalue weighted by Crippen LogP contribution is 2.29. The fourth-order valence-electron chi connectivity index (χ4n) is 4.46. The lowest BCUT2D eigenvalue weighted by atomic mass is 9.92. The molecule has 0 N–H and O–H groups in total. The van der Waals surface area contributed by atoms with E-state index < -0.39 is 0 Å². The van der Waals surface area contributed by atoms with E-state index in [9.17, 15) is 4.79 Å². The van der Waals surface area contributed by atoms with Crippen molar-refractivity contribution in [3.05, 3.63) is 89.7 Å². The molecule has 2 aromatic carbocycles. The number of amides is 1. The highest BCUT2D eigenvalue weighted by Gasteiger charge is 2.23. The first-order valence-electron chi connectivity index (χ1n) is 13.0. The van der Waals surface area contributed by atoms with Crippen LogP contribution in [0.15, 0.2) is 72.9 Å². The van der Waals surface area contributed by atoms with Gasteiger partial charge in [0, 0.05) is 62.4 Å². The Labute approximate surface area is 236 Å². The van der Waals surface area contributed by atoms with Crippen molar-refractivity contribution in [3.63, 3.8) is 0 Å². The first-order valence-corrected chi connectivity index (χ1v) is 14.4. The summed E-state index contributed by atoms with van der Waals surface area (Å²) >= 11 is 7.44. The number of thioether (sulfide) groups is 1. The molecule has 8 heteroatoms. The number of hydrogen-bond donors (Lipinski definition) is 0. The van der Waals surface area contributed by atoms with Crippen LogP contribution in [0.2, 0.25) is 0 Å². The second-order valence-corrected chi connectivity index (χ2v) is 11.6. The number of pyridine rings is 1. The van der Waals surface area contributed by atoms with Gasteiger partial charge in [0.25, 0.3) is 5.91 Å². The Kier molecular flexibility index (Phi) is 10.1. The molecular formula is C30H36N4O2S2. The van der Waals surface area contributed by atoms with Crippen LogP contribution in [0.4, 0.5) is 0 Å². The molecule has 0 radical (unpaired) electrons. The molecule has 2 heterocycles. The van der Waals surface area contributed by atoms with Gasteiger partial charge in [0.05, 0.1) is 0 Å². The molecule has 0 unspecified atom stereocenters. The summed E-state index contributed by atoms with van der Waals surface area (Å²) in [6, 6.07) is 21.1.